The van der Waals surface area contributed by atoms with Gasteiger partial charge in [0.2, 0.25) is 0 Å². The minimum Gasteiger partial charge on any atom is -0.377 e. The molecule has 2 rings (SSSR count). The minimum absolute atomic E-state index is 0.363. The van der Waals surface area contributed by atoms with Crippen LogP contribution in [-0.2, 0) is 18.2 Å². The van der Waals surface area contributed by atoms with E-state index in [-0.39, 0.29) is 0 Å². The zero-order valence-electron chi connectivity index (χ0n) is 10.1. The van der Waals surface area contributed by atoms with Crippen LogP contribution in [0.3, 0.4) is 0 Å². The van der Waals surface area contributed by atoms with E-state index in [2.05, 4.69) is 23.4 Å². The maximum Gasteiger partial charge on any atom is 0.0732 e. The molecule has 0 aromatic carbocycles. The molecule has 2 heterocycles. The fourth-order valence-corrected chi connectivity index (χ4v) is 2.31. The van der Waals surface area contributed by atoms with Gasteiger partial charge >= 0.3 is 0 Å². The first-order chi connectivity index (χ1) is 7.79. The Labute approximate surface area is 97.0 Å². The second-order valence-corrected chi connectivity index (χ2v) is 4.40. The molecule has 1 aliphatic heterocycles. The quantitative estimate of drug-likeness (QED) is 0.813. The summed E-state index contributed by atoms with van der Waals surface area (Å²) >= 11 is 0. The second kappa shape index (κ2) is 5.46. The van der Waals surface area contributed by atoms with Gasteiger partial charge in [-0.15, -0.1) is 0 Å². The third-order valence-electron chi connectivity index (χ3n) is 3.08. The van der Waals surface area contributed by atoms with E-state index in [9.17, 15) is 0 Å². The normalized spacial score (nSPS) is 22.5. The molecular formula is C12H21N3O. The Bertz CT molecular complexity index is 318. The van der Waals surface area contributed by atoms with E-state index in [4.69, 9.17) is 4.74 Å². The van der Waals surface area contributed by atoms with E-state index in [1.54, 1.807) is 0 Å². The Balaban J connectivity index is 1.96. The van der Waals surface area contributed by atoms with Gasteiger partial charge in [0.05, 0.1) is 11.8 Å². The third kappa shape index (κ3) is 2.83. The van der Waals surface area contributed by atoms with Crippen molar-refractivity contribution in [1.29, 1.82) is 0 Å². The summed E-state index contributed by atoms with van der Waals surface area (Å²) in [5.41, 5.74) is 1.14. The summed E-state index contributed by atoms with van der Waals surface area (Å²) in [6, 6.07) is 2.49. The summed E-state index contributed by atoms with van der Waals surface area (Å²) < 4.78 is 7.60. The first kappa shape index (κ1) is 11.6. The Morgan fingerprint density at radius 2 is 2.56 bits per heavy atom. The van der Waals surface area contributed by atoms with Crippen molar-refractivity contribution in [3.05, 3.63) is 18.0 Å². The second-order valence-electron chi connectivity index (χ2n) is 4.40. The molecule has 0 spiro atoms. The highest BCUT2D eigenvalue weighted by Gasteiger charge is 2.25. The van der Waals surface area contributed by atoms with Crippen LogP contribution in [0, 0.1) is 0 Å². The van der Waals surface area contributed by atoms with Gasteiger partial charge in [-0.1, -0.05) is 6.92 Å². The molecule has 0 bridgehead atoms. The maximum atomic E-state index is 5.75. The molecule has 0 amide bonds. The van der Waals surface area contributed by atoms with Crippen LogP contribution in [0.5, 0.6) is 0 Å². The van der Waals surface area contributed by atoms with Crippen molar-refractivity contribution >= 4 is 0 Å². The molecule has 16 heavy (non-hydrogen) atoms. The molecule has 1 fully saturated rings. The first-order valence-electron chi connectivity index (χ1n) is 6.13. The van der Waals surface area contributed by atoms with Crippen LogP contribution < -0.4 is 5.32 Å². The monoisotopic (exact) mass is 223 g/mol. The average molecular weight is 223 g/mol. The van der Waals surface area contributed by atoms with Crippen LogP contribution in [0.2, 0.25) is 0 Å². The number of rotatable bonds is 5. The number of aryl methyl sites for hydroxylation is 1. The summed E-state index contributed by atoms with van der Waals surface area (Å²) in [6.07, 6.45) is 5.67. The highest BCUT2D eigenvalue weighted by Crippen LogP contribution is 2.18. The highest BCUT2D eigenvalue weighted by molar-refractivity contribution is 5.02. The zero-order chi connectivity index (χ0) is 11.4. The van der Waals surface area contributed by atoms with Crippen molar-refractivity contribution in [2.45, 2.75) is 38.3 Å². The number of nitrogens with zero attached hydrogens (tertiary/aromatic N) is 2. The van der Waals surface area contributed by atoms with E-state index in [1.165, 1.54) is 12.8 Å². The van der Waals surface area contributed by atoms with E-state index in [0.29, 0.717) is 12.1 Å². The van der Waals surface area contributed by atoms with Crippen molar-refractivity contribution in [2.75, 3.05) is 13.2 Å². The van der Waals surface area contributed by atoms with Gasteiger partial charge in [0.1, 0.15) is 0 Å². The smallest absolute Gasteiger partial charge is 0.0732 e. The zero-order valence-corrected chi connectivity index (χ0v) is 10.1. The molecule has 1 saturated heterocycles. The lowest BCUT2D eigenvalue weighted by Crippen LogP contribution is -2.41. The Morgan fingerprint density at radius 3 is 3.12 bits per heavy atom. The lowest BCUT2D eigenvalue weighted by Gasteiger charge is -2.22. The number of hydrogen-bond donors (Lipinski definition) is 1. The topological polar surface area (TPSA) is 39.1 Å². The molecule has 1 aromatic heterocycles. The molecule has 2 unspecified atom stereocenters. The minimum atomic E-state index is 0.363. The van der Waals surface area contributed by atoms with Crippen molar-refractivity contribution < 1.29 is 4.74 Å². The van der Waals surface area contributed by atoms with Crippen molar-refractivity contribution in [2.24, 2.45) is 7.05 Å². The van der Waals surface area contributed by atoms with Crippen LogP contribution in [0.4, 0.5) is 0 Å². The van der Waals surface area contributed by atoms with Gasteiger partial charge in [-0.25, -0.2) is 0 Å². The highest BCUT2D eigenvalue weighted by atomic mass is 16.5. The average Bonchev–Trinajstić information content (AvgIpc) is 2.88. The van der Waals surface area contributed by atoms with Gasteiger partial charge in [-0.05, 0) is 25.5 Å². The Hall–Kier alpha value is -0.870. The van der Waals surface area contributed by atoms with Crippen molar-refractivity contribution in [3.63, 3.8) is 0 Å². The van der Waals surface area contributed by atoms with Crippen LogP contribution >= 0.6 is 0 Å². The number of aromatic nitrogens is 2. The standard InChI is InChI=1S/C12H21N3O/c1-3-13-11(12-5-4-8-16-12)9-10-6-7-15(2)14-10/h6-7,11-13H,3-5,8-9H2,1-2H3. The van der Waals surface area contributed by atoms with E-state index in [1.807, 2.05) is 17.9 Å². The predicted molar refractivity (Wildman–Crippen MR) is 63.4 cm³/mol. The lowest BCUT2D eigenvalue weighted by atomic mass is 10.0. The van der Waals surface area contributed by atoms with Crippen LogP contribution in [0.15, 0.2) is 12.3 Å². The summed E-state index contributed by atoms with van der Waals surface area (Å²) in [7, 11) is 1.96. The van der Waals surface area contributed by atoms with Gasteiger partial charge in [-0.2, -0.15) is 5.10 Å². The molecule has 1 N–H and O–H groups in total. The molecule has 0 saturated carbocycles. The van der Waals surface area contributed by atoms with Crippen LogP contribution in [0.1, 0.15) is 25.5 Å². The van der Waals surface area contributed by atoms with E-state index < -0.39 is 0 Å². The Morgan fingerprint density at radius 1 is 1.69 bits per heavy atom. The molecule has 4 nitrogen and oxygen atoms in total. The van der Waals surface area contributed by atoms with Gasteiger partial charge < -0.3 is 10.1 Å². The SMILES string of the molecule is CCNC(Cc1ccn(C)n1)C1CCCO1. The van der Waals surface area contributed by atoms with Gasteiger partial charge in [0, 0.05) is 32.3 Å². The molecule has 0 aliphatic carbocycles. The van der Waals surface area contributed by atoms with Crippen LogP contribution in [-0.4, -0.2) is 35.1 Å². The predicted octanol–water partition coefficient (Wildman–Crippen LogP) is 1.12. The molecule has 1 aliphatic rings. The molecule has 90 valence electrons. The molecule has 4 heteroatoms. The third-order valence-corrected chi connectivity index (χ3v) is 3.08. The summed E-state index contributed by atoms with van der Waals surface area (Å²) in [4.78, 5) is 0. The van der Waals surface area contributed by atoms with E-state index in [0.717, 1.165) is 25.3 Å². The molecule has 0 radical (unpaired) electrons. The number of likely N-dealkylation sites (N-methyl/N-ethyl adjacent to an activating group) is 1. The lowest BCUT2D eigenvalue weighted by molar-refractivity contribution is 0.0786. The summed E-state index contributed by atoms with van der Waals surface area (Å²) in [5, 5.41) is 7.93. The van der Waals surface area contributed by atoms with Gasteiger partial charge in [0.15, 0.2) is 0 Å². The van der Waals surface area contributed by atoms with Gasteiger partial charge in [0.25, 0.3) is 0 Å². The van der Waals surface area contributed by atoms with Crippen molar-refractivity contribution in [3.8, 4) is 0 Å². The Kier molecular flexibility index (Phi) is 3.96. The summed E-state index contributed by atoms with van der Waals surface area (Å²) in [6.45, 7) is 4.03. The molecule has 1 aromatic rings. The van der Waals surface area contributed by atoms with E-state index >= 15 is 0 Å². The summed E-state index contributed by atoms with van der Waals surface area (Å²) in [5.74, 6) is 0. The van der Waals surface area contributed by atoms with Gasteiger partial charge in [-0.3, -0.25) is 4.68 Å². The number of nitrogens with one attached hydrogen (secondary N) is 1. The number of ether oxygens (including phenoxy) is 1. The first-order valence-corrected chi connectivity index (χ1v) is 6.13. The molecule has 2 atom stereocenters. The largest absolute Gasteiger partial charge is 0.377 e. The number of hydrogen-bond acceptors (Lipinski definition) is 3. The van der Waals surface area contributed by atoms with Crippen LogP contribution in [0.25, 0.3) is 0 Å². The van der Waals surface area contributed by atoms with Crippen molar-refractivity contribution in [1.82, 2.24) is 15.1 Å². The maximum absolute atomic E-state index is 5.75. The fourth-order valence-electron chi connectivity index (χ4n) is 2.31. The molecular weight excluding hydrogens is 202 g/mol. The fraction of sp³-hybridized carbons (Fsp3) is 0.750.